The third-order valence-corrected chi connectivity index (χ3v) is 3.62. The Bertz CT molecular complexity index is 839. The highest BCUT2D eigenvalue weighted by Crippen LogP contribution is 2.31. The summed E-state index contributed by atoms with van der Waals surface area (Å²) in [4.78, 5) is 27.7. The van der Waals surface area contributed by atoms with Crippen molar-refractivity contribution in [3.63, 3.8) is 0 Å². The first kappa shape index (κ1) is 17.7. The van der Waals surface area contributed by atoms with Crippen LogP contribution in [0, 0.1) is 0 Å². The van der Waals surface area contributed by atoms with Gasteiger partial charge in [-0.25, -0.2) is 14.6 Å². The average molecular weight is 366 g/mol. The number of hydrogen-bond donors (Lipinski definition) is 1. The number of carbonyl (C=O) groups excluding carboxylic acids is 2. The smallest absolute Gasteiger partial charge is 0.416 e. The largest absolute Gasteiger partial charge is 0.463 e. The topological polar surface area (TPSA) is 77.5 Å². The van der Waals surface area contributed by atoms with Crippen molar-refractivity contribution < 1.29 is 32.2 Å². The molecule has 1 unspecified atom stereocenters. The fourth-order valence-electron chi connectivity index (χ4n) is 2.36. The van der Waals surface area contributed by atoms with Crippen LogP contribution in [0.5, 0.6) is 0 Å². The Balaban J connectivity index is 1.81. The highest BCUT2D eigenvalue weighted by Gasteiger charge is 2.32. The van der Waals surface area contributed by atoms with Crippen LogP contribution >= 0.6 is 0 Å². The van der Waals surface area contributed by atoms with Crippen LogP contribution in [0.25, 0.3) is 0 Å². The Hall–Kier alpha value is -3.10. The molecule has 6 nitrogen and oxygen atoms in total. The third kappa shape index (κ3) is 3.93. The highest BCUT2D eigenvalue weighted by molar-refractivity contribution is 5.96. The summed E-state index contributed by atoms with van der Waals surface area (Å²) in [6.45, 7) is 0.166. The summed E-state index contributed by atoms with van der Waals surface area (Å²) in [5.41, 5.74) is -0.742. The van der Waals surface area contributed by atoms with Gasteiger partial charge in [-0.3, -0.25) is 0 Å². The number of cyclic esters (lactones) is 1. The van der Waals surface area contributed by atoms with Crippen LogP contribution in [0.15, 0.2) is 42.6 Å². The summed E-state index contributed by atoms with van der Waals surface area (Å²) in [7, 11) is 0. The average Bonchev–Trinajstić information content (AvgIpc) is 2.99. The van der Waals surface area contributed by atoms with Crippen LogP contribution in [0.4, 0.5) is 24.7 Å². The molecular weight excluding hydrogens is 353 g/mol. The molecule has 1 atom stereocenters. The van der Waals surface area contributed by atoms with Gasteiger partial charge in [0.25, 0.3) is 0 Å². The van der Waals surface area contributed by atoms with Gasteiger partial charge in [-0.15, -0.1) is 0 Å². The predicted molar refractivity (Wildman–Crippen MR) is 83.7 cm³/mol. The maximum Gasteiger partial charge on any atom is 0.416 e. The molecule has 1 fully saturated rings. The quantitative estimate of drug-likeness (QED) is 0.837. The molecule has 0 aliphatic carbocycles. The van der Waals surface area contributed by atoms with E-state index in [2.05, 4.69) is 10.3 Å². The molecule has 0 spiro atoms. The van der Waals surface area contributed by atoms with Gasteiger partial charge in [0.1, 0.15) is 11.4 Å². The molecule has 0 amide bonds. The minimum atomic E-state index is -4.49. The Morgan fingerprint density at radius 2 is 2.08 bits per heavy atom. The number of aromatic nitrogens is 1. The molecule has 136 valence electrons. The lowest BCUT2D eigenvalue weighted by Crippen LogP contribution is -2.23. The van der Waals surface area contributed by atoms with Crippen molar-refractivity contribution in [1.82, 2.24) is 4.98 Å². The van der Waals surface area contributed by atoms with E-state index in [1.165, 1.54) is 30.5 Å². The van der Waals surface area contributed by atoms with Gasteiger partial charge in [-0.05, 0) is 30.3 Å². The zero-order chi connectivity index (χ0) is 18.7. The fraction of sp³-hybridized carbons (Fsp3) is 0.235. The van der Waals surface area contributed by atoms with Gasteiger partial charge in [0, 0.05) is 18.3 Å². The SMILES string of the molecule is O=C(OC1CCOC1=O)c1cccnc1Nc1cccc(C(F)(F)F)c1. The van der Waals surface area contributed by atoms with E-state index in [1.54, 1.807) is 0 Å². The van der Waals surface area contributed by atoms with Gasteiger partial charge in [-0.2, -0.15) is 13.2 Å². The van der Waals surface area contributed by atoms with Gasteiger partial charge in [0.2, 0.25) is 6.10 Å². The van der Waals surface area contributed by atoms with Gasteiger partial charge >= 0.3 is 18.1 Å². The standard InChI is InChI=1S/C17H13F3N2O4/c18-17(19,20)10-3-1-4-11(9-10)22-14-12(5-2-7-21-14)15(23)26-13-6-8-25-16(13)24/h1-5,7,9,13H,6,8H2,(H,21,22). The van der Waals surface area contributed by atoms with Gasteiger partial charge < -0.3 is 14.8 Å². The Morgan fingerprint density at radius 1 is 1.27 bits per heavy atom. The summed E-state index contributed by atoms with van der Waals surface area (Å²) >= 11 is 0. The first-order valence-corrected chi connectivity index (χ1v) is 7.61. The van der Waals surface area contributed by atoms with E-state index >= 15 is 0 Å². The van der Waals surface area contributed by atoms with Crippen molar-refractivity contribution in [2.45, 2.75) is 18.7 Å². The molecule has 26 heavy (non-hydrogen) atoms. The number of anilines is 2. The molecule has 0 radical (unpaired) electrons. The molecule has 0 bridgehead atoms. The summed E-state index contributed by atoms with van der Waals surface area (Å²) in [6, 6.07) is 7.35. The number of halogens is 3. The lowest BCUT2D eigenvalue weighted by Gasteiger charge is -2.13. The lowest BCUT2D eigenvalue weighted by atomic mass is 10.2. The molecule has 1 aliphatic rings. The van der Waals surface area contributed by atoms with Gasteiger partial charge in [-0.1, -0.05) is 6.07 Å². The molecule has 0 saturated carbocycles. The van der Waals surface area contributed by atoms with Crippen molar-refractivity contribution in [1.29, 1.82) is 0 Å². The molecule has 1 aromatic heterocycles. The number of rotatable bonds is 4. The molecule has 1 aromatic carbocycles. The van der Waals surface area contributed by atoms with E-state index < -0.39 is 29.8 Å². The molecule has 9 heteroatoms. The minimum absolute atomic E-state index is 0.00962. The molecule has 2 aromatic rings. The van der Waals surface area contributed by atoms with E-state index in [9.17, 15) is 22.8 Å². The first-order chi connectivity index (χ1) is 12.3. The molecule has 2 heterocycles. The molecule has 1 N–H and O–H groups in total. The second-order valence-electron chi connectivity index (χ2n) is 5.45. The second-order valence-corrected chi connectivity index (χ2v) is 5.45. The molecule has 1 aliphatic heterocycles. The number of ether oxygens (including phenoxy) is 2. The van der Waals surface area contributed by atoms with Crippen molar-refractivity contribution in [3.8, 4) is 0 Å². The van der Waals surface area contributed by atoms with E-state index in [0.29, 0.717) is 0 Å². The number of hydrogen-bond acceptors (Lipinski definition) is 6. The van der Waals surface area contributed by atoms with Crippen molar-refractivity contribution in [2.75, 3.05) is 11.9 Å². The van der Waals surface area contributed by atoms with Crippen LogP contribution in [0.2, 0.25) is 0 Å². The Morgan fingerprint density at radius 3 is 2.77 bits per heavy atom. The number of benzene rings is 1. The minimum Gasteiger partial charge on any atom is -0.463 e. The number of esters is 2. The maximum atomic E-state index is 12.8. The molecule has 3 rings (SSSR count). The van der Waals surface area contributed by atoms with E-state index in [-0.39, 0.29) is 30.1 Å². The number of carbonyl (C=O) groups is 2. The zero-order valence-electron chi connectivity index (χ0n) is 13.2. The third-order valence-electron chi connectivity index (χ3n) is 3.62. The predicted octanol–water partition coefficient (Wildman–Crippen LogP) is 3.32. The van der Waals surface area contributed by atoms with Crippen molar-refractivity contribution in [2.24, 2.45) is 0 Å². The van der Waals surface area contributed by atoms with Gasteiger partial charge in [0.05, 0.1) is 12.2 Å². The summed E-state index contributed by atoms with van der Waals surface area (Å²) in [5, 5.41) is 2.67. The van der Waals surface area contributed by atoms with Crippen LogP contribution in [-0.2, 0) is 20.4 Å². The normalized spacial score (nSPS) is 16.9. The van der Waals surface area contributed by atoms with Crippen LogP contribution < -0.4 is 5.32 Å². The first-order valence-electron chi connectivity index (χ1n) is 7.61. The van der Waals surface area contributed by atoms with Crippen LogP contribution in [0.3, 0.4) is 0 Å². The Kier molecular flexibility index (Phi) is 4.79. The molecule has 1 saturated heterocycles. The van der Waals surface area contributed by atoms with Crippen LogP contribution in [0.1, 0.15) is 22.3 Å². The zero-order valence-corrected chi connectivity index (χ0v) is 13.2. The lowest BCUT2D eigenvalue weighted by molar-refractivity contribution is -0.145. The number of alkyl halides is 3. The molecular formula is C17H13F3N2O4. The van der Waals surface area contributed by atoms with Crippen molar-refractivity contribution >= 4 is 23.4 Å². The van der Waals surface area contributed by atoms with Crippen LogP contribution in [-0.4, -0.2) is 29.6 Å². The monoisotopic (exact) mass is 366 g/mol. The number of nitrogens with one attached hydrogen (secondary N) is 1. The Labute approximate surface area is 145 Å². The van der Waals surface area contributed by atoms with E-state index in [0.717, 1.165) is 12.1 Å². The maximum absolute atomic E-state index is 12.8. The highest BCUT2D eigenvalue weighted by atomic mass is 19.4. The number of pyridine rings is 1. The van der Waals surface area contributed by atoms with E-state index in [4.69, 9.17) is 9.47 Å². The summed E-state index contributed by atoms with van der Waals surface area (Å²) < 4.78 is 48.3. The van der Waals surface area contributed by atoms with E-state index in [1.807, 2.05) is 0 Å². The van der Waals surface area contributed by atoms with Crippen molar-refractivity contribution in [3.05, 3.63) is 53.7 Å². The van der Waals surface area contributed by atoms with Gasteiger partial charge in [0.15, 0.2) is 0 Å². The fourth-order valence-corrected chi connectivity index (χ4v) is 2.36. The summed E-state index contributed by atoms with van der Waals surface area (Å²) in [6.07, 6.45) is -3.87. The second kappa shape index (κ2) is 7.03. The number of nitrogens with zero attached hydrogens (tertiary/aromatic N) is 1. The summed E-state index contributed by atoms with van der Waals surface area (Å²) in [5.74, 6) is -1.44.